The van der Waals surface area contributed by atoms with Crippen LogP contribution in [0.3, 0.4) is 0 Å². The van der Waals surface area contributed by atoms with Crippen LogP contribution in [0, 0.1) is 6.92 Å². The Morgan fingerprint density at radius 3 is 2.25 bits per heavy atom. The number of hydrazone groups is 1. The summed E-state index contributed by atoms with van der Waals surface area (Å²) in [5.74, 6) is 2.18. The number of hydrogen-bond acceptors (Lipinski definition) is 5. The van der Waals surface area contributed by atoms with Crippen LogP contribution in [-0.4, -0.2) is 22.8 Å². The van der Waals surface area contributed by atoms with E-state index in [9.17, 15) is 0 Å². The van der Waals surface area contributed by atoms with Gasteiger partial charge in [-0.05, 0) is 55.2 Å². The van der Waals surface area contributed by atoms with Gasteiger partial charge in [-0.15, -0.1) is 0 Å². The first-order chi connectivity index (χ1) is 15.7. The summed E-state index contributed by atoms with van der Waals surface area (Å²) >= 11 is 0. The predicted octanol–water partition coefficient (Wildman–Crippen LogP) is 5.91. The second-order valence-corrected chi connectivity index (χ2v) is 7.44. The van der Waals surface area contributed by atoms with E-state index in [2.05, 4.69) is 39.7 Å². The highest BCUT2D eigenvalue weighted by molar-refractivity contribution is 6.01. The maximum absolute atomic E-state index is 5.30. The van der Waals surface area contributed by atoms with Crippen molar-refractivity contribution >= 4 is 11.5 Å². The minimum atomic E-state index is 0.669. The van der Waals surface area contributed by atoms with Crippen molar-refractivity contribution in [2.75, 3.05) is 12.5 Å². The van der Waals surface area contributed by atoms with Crippen LogP contribution in [0.1, 0.15) is 23.4 Å². The SMILES string of the molecule is COc1ccc(C(CCc2ccccc2)=NNc2cc(-c3ccccc3)nc(C)n2)cc1. The Kier molecular flexibility index (Phi) is 6.88. The molecule has 4 rings (SSSR count). The largest absolute Gasteiger partial charge is 0.497 e. The first-order valence-electron chi connectivity index (χ1n) is 10.6. The van der Waals surface area contributed by atoms with Gasteiger partial charge in [0.05, 0.1) is 18.5 Å². The van der Waals surface area contributed by atoms with Crippen molar-refractivity contribution < 1.29 is 4.74 Å². The Labute approximate surface area is 188 Å². The summed E-state index contributed by atoms with van der Waals surface area (Å²) in [5, 5.41) is 4.75. The van der Waals surface area contributed by atoms with Crippen molar-refractivity contribution in [3.05, 3.63) is 108 Å². The molecule has 0 unspecified atom stereocenters. The van der Waals surface area contributed by atoms with Gasteiger partial charge in [0.2, 0.25) is 0 Å². The van der Waals surface area contributed by atoms with Gasteiger partial charge in [0, 0.05) is 11.6 Å². The maximum Gasteiger partial charge on any atom is 0.150 e. The van der Waals surface area contributed by atoms with E-state index in [0.29, 0.717) is 11.6 Å². The number of hydrogen-bond donors (Lipinski definition) is 1. The summed E-state index contributed by atoms with van der Waals surface area (Å²) in [7, 11) is 1.67. The van der Waals surface area contributed by atoms with Crippen LogP contribution in [0.5, 0.6) is 5.75 Å². The van der Waals surface area contributed by atoms with Crippen molar-refractivity contribution in [2.24, 2.45) is 5.10 Å². The molecule has 0 aliphatic carbocycles. The van der Waals surface area contributed by atoms with Gasteiger partial charge in [-0.2, -0.15) is 5.10 Å². The van der Waals surface area contributed by atoms with Gasteiger partial charge in [0.15, 0.2) is 0 Å². The molecular formula is C27H26N4O. The fraction of sp³-hybridized carbons (Fsp3) is 0.148. The number of anilines is 1. The van der Waals surface area contributed by atoms with E-state index in [0.717, 1.165) is 41.1 Å². The van der Waals surface area contributed by atoms with E-state index in [1.54, 1.807) is 7.11 Å². The van der Waals surface area contributed by atoms with Crippen LogP contribution in [0.15, 0.2) is 96.1 Å². The molecule has 0 fully saturated rings. The summed E-state index contributed by atoms with van der Waals surface area (Å²) < 4.78 is 5.30. The second-order valence-electron chi connectivity index (χ2n) is 7.44. The van der Waals surface area contributed by atoms with Crippen LogP contribution >= 0.6 is 0 Å². The fourth-order valence-electron chi connectivity index (χ4n) is 3.46. The second kappa shape index (κ2) is 10.4. The third-order valence-electron chi connectivity index (χ3n) is 5.13. The van der Waals surface area contributed by atoms with E-state index >= 15 is 0 Å². The molecule has 160 valence electrons. The Hall–Kier alpha value is -3.99. The molecule has 0 saturated heterocycles. The molecule has 0 amide bonds. The van der Waals surface area contributed by atoms with Crippen molar-refractivity contribution in [2.45, 2.75) is 19.8 Å². The zero-order chi connectivity index (χ0) is 22.2. The van der Waals surface area contributed by atoms with Gasteiger partial charge in [-0.25, -0.2) is 9.97 Å². The zero-order valence-corrected chi connectivity index (χ0v) is 18.3. The molecule has 0 bridgehead atoms. The lowest BCUT2D eigenvalue weighted by atomic mass is 10.0. The summed E-state index contributed by atoms with van der Waals surface area (Å²) in [6, 6.07) is 30.4. The van der Waals surface area contributed by atoms with Crippen LogP contribution in [0.4, 0.5) is 5.82 Å². The molecule has 0 radical (unpaired) electrons. The van der Waals surface area contributed by atoms with E-state index in [-0.39, 0.29) is 0 Å². The number of nitrogens with one attached hydrogen (secondary N) is 1. The Morgan fingerprint density at radius 2 is 1.56 bits per heavy atom. The van der Waals surface area contributed by atoms with Gasteiger partial charge in [-0.3, -0.25) is 5.43 Å². The lowest BCUT2D eigenvalue weighted by Gasteiger charge is -2.10. The molecule has 5 nitrogen and oxygen atoms in total. The number of ether oxygens (including phenoxy) is 1. The van der Waals surface area contributed by atoms with Crippen LogP contribution in [0.2, 0.25) is 0 Å². The van der Waals surface area contributed by atoms with E-state index < -0.39 is 0 Å². The van der Waals surface area contributed by atoms with Gasteiger partial charge >= 0.3 is 0 Å². The Bertz CT molecular complexity index is 1170. The summed E-state index contributed by atoms with van der Waals surface area (Å²) in [6.45, 7) is 1.89. The zero-order valence-electron chi connectivity index (χ0n) is 18.3. The van der Waals surface area contributed by atoms with Crippen molar-refractivity contribution in [3.63, 3.8) is 0 Å². The average Bonchev–Trinajstić information content (AvgIpc) is 2.85. The molecule has 4 aromatic rings. The lowest BCUT2D eigenvalue weighted by Crippen LogP contribution is -2.08. The Morgan fingerprint density at radius 1 is 0.875 bits per heavy atom. The van der Waals surface area contributed by atoms with Crippen LogP contribution in [0.25, 0.3) is 11.3 Å². The molecule has 5 heteroatoms. The molecule has 1 aromatic heterocycles. The molecule has 3 aromatic carbocycles. The number of aromatic nitrogens is 2. The van der Waals surface area contributed by atoms with Crippen LogP contribution < -0.4 is 10.2 Å². The highest BCUT2D eigenvalue weighted by Gasteiger charge is 2.08. The summed E-state index contributed by atoms with van der Waals surface area (Å²) in [6.07, 6.45) is 1.68. The van der Waals surface area contributed by atoms with Crippen molar-refractivity contribution in [1.29, 1.82) is 0 Å². The van der Waals surface area contributed by atoms with Gasteiger partial charge in [-0.1, -0.05) is 60.7 Å². The number of aryl methyl sites for hydroxylation is 2. The number of nitrogens with zero attached hydrogens (tertiary/aromatic N) is 3. The first-order valence-corrected chi connectivity index (χ1v) is 10.6. The smallest absolute Gasteiger partial charge is 0.150 e. The van der Waals surface area contributed by atoms with E-state index in [4.69, 9.17) is 9.84 Å². The quantitative estimate of drug-likeness (QED) is 0.283. The first kappa shape index (κ1) is 21.2. The number of rotatable bonds is 8. The summed E-state index contributed by atoms with van der Waals surface area (Å²) in [5.41, 5.74) is 8.35. The number of benzene rings is 3. The standard InChI is InChI=1S/C27H26N4O/c1-20-28-26(22-11-7-4-8-12-22)19-27(29-20)31-30-25(18-13-21-9-5-3-6-10-21)23-14-16-24(32-2)17-15-23/h3-12,14-17,19H,13,18H2,1-2H3,(H,28,29,31). The topological polar surface area (TPSA) is 59.4 Å². The minimum absolute atomic E-state index is 0.669. The summed E-state index contributed by atoms with van der Waals surface area (Å²) in [4.78, 5) is 9.09. The minimum Gasteiger partial charge on any atom is -0.497 e. The third kappa shape index (κ3) is 5.58. The monoisotopic (exact) mass is 422 g/mol. The van der Waals surface area contributed by atoms with Crippen molar-refractivity contribution in [1.82, 2.24) is 9.97 Å². The highest BCUT2D eigenvalue weighted by Crippen LogP contribution is 2.20. The molecule has 1 heterocycles. The van der Waals surface area contributed by atoms with Gasteiger partial charge < -0.3 is 4.74 Å². The Balaban J connectivity index is 1.60. The average molecular weight is 423 g/mol. The van der Waals surface area contributed by atoms with Gasteiger partial charge in [0.25, 0.3) is 0 Å². The van der Waals surface area contributed by atoms with E-state index in [1.165, 1.54) is 5.56 Å². The van der Waals surface area contributed by atoms with E-state index in [1.807, 2.05) is 73.7 Å². The highest BCUT2D eigenvalue weighted by atomic mass is 16.5. The molecule has 0 saturated carbocycles. The lowest BCUT2D eigenvalue weighted by molar-refractivity contribution is 0.415. The normalized spacial score (nSPS) is 11.2. The molecule has 32 heavy (non-hydrogen) atoms. The molecule has 0 aliphatic rings. The van der Waals surface area contributed by atoms with Gasteiger partial charge in [0.1, 0.15) is 17.4 Å². The van der Waals surface area contributed by atoms with Crippen LogP contribution in [-0.2, 0) is 6.42 Å². The molecular weight excluding hydrogens is 396 g/mol. The number of methoxy groups -OCH3 is 1. The molecule has 0 aliphatic heterocycles. The molecule has 0 atom stereocenters. The maximum atomic E-state index is 5.30. The predicted molar refractivity (Wildman–Crippen MR) is 130 cm³/mol. The molecule has 1 N–H and O–H groups in total. The van der Waals surface area contributed by atoms with Crippen molar-refractivity contribution in [3.8, 4) is 17.0 Å². The molecule has 0 spiro atoms. The third-order valence-corrected chi connectivity index (χ3v) is 5.13. The fourth-order valence-corrected chi connectivity index (χ4v) is 3.46.